The molecule has 3 N–H and O–H groups in total. The molecule has 0 unspecified atom stereocenters. The van der Waals surface area contributed by atoms with Crippen LogP contribution in [0.2, 0.25) is 0 Å². The molecule has 5 nitrogen and oxygen atoms in total. The van der Waals surface area contributed by atoms with Crippen LogP contribution in [0.5, 0.6) is 0 Å². The molecule has 0 aliphatic rings. The Morgan fingerprint density at radius 3 is 2.37 bits per heavy atom. The number of nitrogen functional groups attached to an aromatic ring is 1. The lowest BCUT2D eigenvalue weighted by Gasteiger charge is -2.06. The van der Waals surface area contributed by atoms with Crippen molar-refractivity contribution < 1.29 is 4.79 Å². The quantitative estimate of drug-likeness (QED) is 0.833. The van der Waals surface area contributed by atoms with Crippen LogP contribution in [-0.4, -0.2) is 15.9 Å². The molecular formula is C13H13BrN4O. The van der Waals surface area contributed by atoms with E-state index in [0.29, 0.717) is 17.2 Å². The second-order valence-electron chi connectivity index (χ2n) is 4.20. The number of benzene rings is 1. The third kappa shape index (κ3) is 3.51. The summed E-state index contributed by atoms with van der Waals surface area (Å²) >= 11 is 3.30. The second-order valence-corrected chi connectivity index (χ2v) is 5.12. The minimum absolute atomic E-state index is 0.293. The first kappa shape index (κ1) is 13.5. The van der Waals surface area contributed by atoms with Gasteiger partial charge in [0.15, 0.2) is 0 Å². The van der Waals surface area contributed by atoms with Gasteiger partial charge in [0.1, 0.15) is 0 Å². The van der Waals surface area contributed by atoms with E-state index in [1.54, 1.807) is 18.2 Å². The first-order chi connectivity index (χ1) is 8.94. The summed E-state index contributed by atoms with van der Waals surface area (Å²) in [5, 5.41) is 2.66. The maximum atomic E-state index is 12.1. The molecule has 0 spiro atoms. The highest BCUT2D eigenvalue weighted by molar-refractivity contribution is 9.10. The number of nitrogens with zero attached hydrogens (tertiary/aromatic N) is 2. The van der Waals surface area contributed by atoms with E-state index in [1.165, 1.54) is 0 Å². The summed E-state index contributed by atoms with van der Waals surface area (Å²) in [5.41, 5.74) is 8.27. The maximum Gasteiger partial charge on any atom is 0.258 e. The average Bonchev–Trinajstić information content (AvgIpc) is 2.25. The van der Waals surface area contributed by atoms with Gasteiger partial charge < -0.3 is 5.73 Å². The topological polar surface area (TPSA) is 80.9 Å². The number of aromatic nitrogens is 2. The molecule has 1 aromatic heterocycles. The number of anilines is 2. The van der Waals surface area contributed by atoms with E-state index in [0.717, 1.165) is 15.9 Å². The first-order valence-corrected chi connectivity index (χ1v) is 6.43. The van der Waals surface area contributed by atoms with Crippen LogP contribution >= 0.6 is 15.9 Å². The zero-order chi connectivity index (χ0) is 14.0. The normalized spacial score (nSPS) is 10.3. The second kappa shape index (κ2) is 5.36. The number of aryl methyl sites for hydroxylation is 2. The molecule has 0 bridgehead atoms. The SMILES string of the molecule is Cc1cc(C)nc(NC(=O)c2cc(N)cc(Br)c2)n1. The number of hydrogen-bond donors (Lipinski definition) is 2. The van der Waals surface area contributed by atoms with E-state index < -0.39 is 0 Å². The highest BCUT2D eigenvalue weighted by Gasteiger charge is 2.10. The Bertz CT molecular complexity index is 602. The molecule has 0 saturated carbocycles. The summed E-state index contributed by atoms with van der Waals surface area (Å²) in [7, 11) is 0. The molecule has 19 heavy (non-hydrogen) atoms. The summed E-state index contributed by atoms with van der Waals surface area (Å²) in [5.74, 6) is -0.000882. The number of nitrogens with one attached hydrogen (secondary N) is 1. The molecule has 2 aromatic rings. The van der Waals surface area contributed by atoms with Gasteiger partial charge in [0.25, 0.3) is 5.91 Å². The van der Waals surface area contributed by atoms with Gasteiger partial charge in [-0.25, -0.2) is 9.97 Å². The van der Waals surface area contributed by atoms with Crippen molar-refractivity contribution >= 4 is 33.5 Å². The van der Waals surface area contributed by atoms with Crippen molar-refractivity contribution in [3.63, 3.8) is 0 Å². The number of carbonyl (C=O) groups excluding carboxylic acids is 1. The summed E-state index contributed by atoms with van der Waals surface area (Å²) in [4.78, 5) is 20.4. The van der Waals surface area contributed by atoms with Gasteiger partial charge in [-0.3, -0.25) is 10.1 Å². The number of rotatable bonds is 2. The van der Waals surface area contributed by atoms with Crippen LogP contribution in [0.4, 0.5) is 11.6 Å². The molecule has 98 valence electrons. The van der Waals surface area contributed by atoms with Gasteiger partial charge in [-0.1, -0.05) is 15.9 Å². The largest absolute Gasteiger partial charge is 0.399 e. The van der Waals surface area contributed by atoms with Gasteiger partial charge >= 0.3 is 0 Å². The standard InChI is InChI=1S/C13H13BrN4O/c1-7-3-8(2)17-13(16-7)18-12(19)9-4-10(14)6-11(15)5-9/h3-6H,15H2,1-2H3,(H,16,17,18,19). The van der Waals surface area contributed by atoms with Crippen LogP contribution in [0.15, 0.2) is 28.7 Å². The van der Waals surface area contributed by atoms with Gasteiger partial charge in [-0.2, -0.15) is 0 Å². The van der Waals surface area contributed by atoms with Crippen LogP contribution in [-0.2, 0) is 0 Å². The summed E-state index contributed by atoms with van der Waals surface area (Å²) < 4.78 is 0.749. The van der Waals surface area contributed by atoms with Crippen LogP contribution in [0.3, 0.4) is 0 Å². The number of nitrogens with two attached hydrogens (primary N) is 1. The molecule has 1 heterocycles. The Morgan fingerprint density at radius 2 is 1.79 bits per heavy atom. The van der Waals surface area contributed by atoms with E-state index in [-0.39, 0.29) is 5.91 Å². The van der Waals surface area contributed by atoms with Crippen molar-refractivity contribution in [2.75, 3.05) is 11.1 Å². The van der Waals surface area contributed by atoms with E-state index in [4.69, 9.17) is 5.73 Å². The lowest BCUT2D eigenvalue weighted by molar-refractivity contribution is 0.102. The van der Waals surface area contributed by atoms with Crippen molar-refractivity contribution in [3.05, 3.63) is 45.7 Å². The van der Waals surface area contributed by atoms with E-state index in [1.807, 2.05) is 19.9 Å². The molecule has 1 aromatic carbocycles. The fourth-order valence-corrected chi connectivity index (χ4v) is 2.21. The molecular weight excluding hydrogens is 308 g/mol. The Morgan fingerprint density at radius 1 is 1.16 bits per heavy atom. The van der Waals surface area contributed by atoms with Gasteiger partial charge in [0.05, 0.1) is 0 Å². The zero-order valence-corrected chi connectivity index (χ0v) is 12.2. The maximum absolute atomic E-state index is 12.1. The van der Waals surface area contributed by atoms with Crippen molar-refractivity contribution in [2.24, 2.45) is 0 Å². The molecule has 0 aliphatic heterocycles. The van der Waals surface area contributed by atoms with Gasteiger partial charge in [-0.05, 0) is 38.1 Å². The third-order valence-electron chi connectivity index (χ3n) is 2.39. The highest BCUT2D eigenvalue weighted by atomic mass is 79.9. The van der Waals surface area contributed by atoms with Crippen molar-refractivity contribution in [1.29, 1.82) is 0 Å². The first-order valence-electron chi connectivity index (χ1n) is 5.64. The van der Waals surface area contributed by atoms with Crippen LogP contribution < -0.4 is 11.1 Å². The monoisotopic (exact) mass is 320 g/mol. The lowest BCUT2D eigenvalue weighted by Crippen LogP contribution is -2.15. The molecule has 2 rings (SSSR count). The minimum Gasteiger partial charge on any atom is -0.399 e. The fourth-order valence-electron chi connectivity index (χ4n) is 1.70. The van der Waals surface area contributed by atoms with Crippen LogP contribution in [0.25, 0.3) is 0 Å². The van der Waals surface area contributed by atoms with E-state index in [9.17, 15) is 4.79 Å². The molecule has 1 amide bonds. The van der Waals surface area contributed by atoms with Gasteiger partial charge in [0, 0.05) is 27.1 Å². The molecule has 0 atom stereocenters. The fraction of sp³-hybridized carbons (Fsp3) is 0.154. The predicted octanol–water partition coefficient (Wildman–Crippen LogP) is 2.69. The molecule has 0 aliphatic carbocycles. The number of hydrogen-bond acceptors (Lipinski definition) is 4. The Labute approximate surface area is 119 Å². The summed E-state index contributed by atoms with van der Waals surface area (Å²) in [6.45, 7) is 3.70. The number of halogens is 1. The van der Waals surface area contributed by atoms with Gasteiger partial charge in [0.2, 0.25) is 5.95 Å². The molecule has 0 fully saturated rings. The number of amides is 1. The summed E-state index contributed by atoms with van der Waals surface area (Å²) in [6.07, 6.45) is 0. The van der Waals surface area contributed by atoms with Gasteiger partial charge in [-0.15, -0.1) is 0 Å². The molecule has 6 heteroatoms. The van der Waals surface area contributed by atoms with Crippen LogP contribution in [0, 0.1) is 13.8 Å². The Balaban J connectivity index is 2.25. The minimum atomic E-state index is -0.294. The highest BCUT2D eigenvalue weighted by Crippen LogP contribution is 2.18. The van der Waals surface area contributed by atoms with Crippen LogP contribution in [0.1, 0.15) is 21.7 Å². The van der Waals surface area contributed by atoms with Crippen molar-refractivity contribution in [3.8, 4) is 0 Å². The van der Waals surface area contributed by atoms with E-state index >= 15 is 0 Å². The molecule has 0 saturated heterocycles. The predicted molar refractivity (Wildman–Crippen MR) is 78.0 cm³/mol. The Hall–Kier alpha value is -1.95. The Kier molecular flexibility index (Phi) is 3.80. The smallest absolute Gasteiger partial charge is 0.258 e. The zero-order valence-electron chi connectivity index (χ0n) is 10.6. The third-order valence-corrected chi connectivity index (χ3v) is 2.85. The van der Waals surface area contributed by atoms with E-state index in [2.05, 4.69) is 31.2 Å². The molecule has 0 radical (unpaired) electrons. The number of carbonyl (C=O) groups is 1. The van der Waals surface area contributed by atoms with Crippen molar-refractivity contribution in [1.82, 2.24) is 9.97 Å². The van der Waals surface area contributed by atoms with Crippen molar-refractivity contribution in [2.45, 2.75) is 13.8 Å². The summed E-state index contributed by atoms with van der Waals surface area (Å²) in [6, 6.07) is 6.86. The lowest BCUT2D eigenvalue weighted by atomic mass is 10.2. The average molecular weight is 321 g/mol.